The molecular weight excluding hydrogens is 296 g/mol. The Balaban J connectivity index is 1.91. The number of carbonyl (C=O) groups is 1. The lowest BCUT2D eigenvalue weighted by atomic mass is 9.88. The highest BCUT2D eigenvalue weighted by atomic mass is 16.5. The Bertz CT molecular complexity index is 896. The van der Waals surface area contributed by atoms with Crippen LogP contribution in [0.25, 0.3) is 11.6 Å². The van der Waals surface area contributed by atoms with Gasteiger partial charge in [0.05, 0.1) is 5.56 Å². The molecule has 0 saturated carbocycles. The van der Waals surface area contributed by atoms with Gasteiger partial charge in [0, 0.05) is 5.57 Å². The first-order chi connectivity index (χ1) is 11.8. The van der Waals surface area contributed by atoms with Crippen LogP contribution in [0, 0.1) is 0 Å². The normalized spacial score (nSPS) is 18.1. The molecule has 2 nitrogen and oxygen atoms in total. The second kappa shape index (κ2) is 6.17. The van der Waals surface area contributed by atoms with Crippen LogP contribution in [-0.2, 0) is 4.74 Å². The van der Waals surface area contributed by atoms with Crippen LogP contribution in [0.4, 0.5) is 0 Å². The zero-order chi connectivity index (χ0) is 16.4. The van der Waals surface area contributed by atoms with Crippen molar-refractivity contribution in [3.05, 3.63) is 107 Å². The van der Waals surface area contributed by atoms with E-state index in [2.05, 4.69) is 6.08 Å². The third kappa shape index (κ3) is 2.63. The molecule has 0 bridgehead atoms. The van der Waals surface area contributed by atoms with E-state index in [9.17, 15) is 4.79 Å². The predicted molar refractivity (Wildman–Crippen MR) is 95.4 cm³/mol. The van der Waals surface area contributed by atoms with Crippen molar-refractivity contribution in [3.63, 3.8) is 0 Å². The van der Waals surface area contributed by atoms with Gasteiger partial charge < -0.3 is 4.74 Å². The average molecular weight is 312 g/mol. The van der Waals surface area contributed by atoms with E-state index >= 15 is 0 Å². The number of rotatable bonds is 2. The number of ether oxygens (including phenoxy) is 1. The van der Waals surface area contributed by atoms with Crippen molar-refractivity contribution in [2.45, 2.75) is 6.10 Å². The van der Waals surface area contributed by atoms with Gasteiger partial charge in [-0.3, -0.25) is 0 Å². The van der Waals surface area contributed by atoms with Crippen molar-refractivity contribution in [2.75, 3.05) is 0 Å². The zero-order valence-corrected chi connectivity index (χ0v) is 13.1. The van der Waals surface area contributed by atoms with Crippen LogP contribution < -0.4 is 0 Å². The Hall–Kier alpha value is -3.13. The molecule has 116 valence electrons. The summed E-state index contributed by atoms with van der Waals surface area (Å²) in [5.41, 5.74) is 4.62. The van der Waals surface area contributed by atoms with Gasteiger partial charge in [-0.1, -0.05) is 78.9 Å². The molecule has 0 radical (unpaired) electrons. The number of fused-ring (bicyclic) bond motifs is 1. The summed E-state index contributed by atoms with van der Waals surface area (Å²) in [5.74, 6) is -0.273. The molecule has 1 aliphatic rings. The molecule has 2 heteroatoms. The number of hydrogen-bond acceptors (Lipinski definition) is 2. The maximum absolute atomic E-state index is 12.4. The lowest BCUT2D eigenvalue weighted by Gasteiger charge is -2.28. The number of cyclic esters (lactones) is 1. The third-order valence-electron chi connectivity index (χ3n) is 4.19. The SMILES string of the molecule is O=C1OC(c2ccccc2)/C(=C/c2ccccc2)c2ccccc21. The summed E-state index contributed by atoms with van der Waals surface area (Å²) in [6, 6.07) is 27.6. The lowest BCUT2D eigenvalue weighted by molar-refractivity contribution is 0.0389. The van der Waals surface area contributed by atoms with Crippen molar-refractivity contribution >= 4 is 17.6 Å². The van der Waals surface area contributed by atoms with Crippen molar-refractivity contribution < 1.29 is 9.53 Å². The van der Waals surface area contributed by atoms with Crippen molar-refractivity contribution in [2.24, 2.45) is 0 Å². The van der Waals surface area contributed by atoms with Gasteiger partial charge in [0.1, 0.15) is 0 Å². The summed E-state index contributed by atoms with van der Waals surface area (Å²) in [4.78, 5) is 12.4. The molecule has 0 fully saturated rings. The fourth-order valence-corrected chi connectivity index (χ4v) is 3.05. The van der Waals surface area contributed by atoms with Gasteiger partial charge in [-0.05, 0) is 28.8 Å². The van der Waals surface area contributed by atoms with Crippen molar-refractivity contribution in [1.82, 2.24) is 0 Å². The van der Waals surface area contributed by atoms with Gasteiger partial charge in [-0.2, -0.15) is 0 Å². The maximum atomic E-state index is 12.4. The maximum Gasteiger partial charge on any atom is 0.339 e. The zero-order valence-electron chi connectivity index (χ0n) is 13.1. The second-order valence-corrected chi connectivity index (χ2v) is 5.75. The largest absolute Gasteiger partial charge is 0.449 e. The van der Waals surface area contributed by atoms with E-state index in [0.717, 1.165) is 22.3 Å². The Morgan fingerprint density at radius 3 is 2.00 bits per heavy atom. The van der Waals surface area contributed by atoms with E-state index in [1.54, 1.807) is 0 Å². The molecule has 3 aromatic rings. The van der Waals surface area contributed by atoms with E-state index < -0.39 is 6.10 Å². The summed E-state index contributed by atoms with van der Waals surface area (Å²) in [6.07, 6.45) is 1.71. The molecule has 1 heterocycles. The van der Waals surface area contributed by atoms with Gasteiger partial charge in [-0.25, -0.2) is 4.79 Å². The molecule has 1 aliphatic heterocycles. The van der Waals surface area contributed by atoms with E-state index in [4.69, 9.17) is 4.74 Å². The van der Waals surface area contributed by atoms with Crippen LogP contribution in [0.3, 0.4) is 0 Å². The van der Waals surface area contributed by atoms with E-state index in [-0.39, 0.29) is 5.97 Å². The van der Waals surface area contributed by atoms with Gasteiger partial charge in [0.2, 0.25) is 0 Å². The molecule has 0 saturated heterocycles. The Morgan fingerprint density at radius 1 is 0.708 bits per heavy atom. The van der Waals surface area contributed by atoms with Crippen LogP contribution in [0.1, 0.15) is 33.2 Å². The second-order valence-electron chi connectivity index (χ2n) is 5.75. The highest BCUT2D eigenvalue weighted by Gasteiger charge is 2.31. The highest BCUT2D eigenvalue weighted by molar-refractivity contribution is 6.02. The summed E-state index contributed by atoms with van der Waals surface area (Å²) >= 11 is 0. The fraction of sp³-hybridized carbons (Fsp3) is 0.0455. The molecule has 3 aromatic carbocycles. The van der Waals surface area contributed by atoms with Gasteiger partial charge in [-0.15, -0.1) is 0 Å². The van der Waals surface area contributed by atoms with Gasteiger partial charge in [0.15, 0.2) is 6.10 Å². The molecule has 0 aromatic heterocycles. The van der Waals surface area contributed by atoms with E-state index in [0.29, 0.717) is 5.56 Å². The van der Waals surface area contributed by atoms with Crippen LogP contribution in [-0.4, -0.2) is 5.97 Å². The summed E-state index contributed by atoms with van der Waals surface area (Å²) in [5, 5.41) is 0. The molecular formula is C22H16O2. The van der Waals surface area contributed by atoms with Gasteiger partial charge in [0.25, 0.3) is 0 Å². The fourth-order valence-electron chi connectivity index (χ4n) is 3.05. The smallest absolute Gasteiger partial charge is 0.339 e. The van der Waals surface area contributed by atoms with Gasteiger partial charge >= 0.3 is 5.97 Å². The quantitative estimate of drug-likeness (QED) is 0.612. The molecule has 4 rings (SSSR count). The predicted octanol–water partition coefficient (Wildman–Crippen LogP) is 5.14. The van der Waals surface area contributed by atoms with Crippen LogP contribution >= 0.6 is 0 Å². The van der Waals surface area contributed by atoms with E-state index in [1.807, 2.05) is 84.9 Å². The molecule has 0 spiro atoms. The van der Waals surface area contributed by atoms with E-state index in [1.165, 1.54) is 0 Å². The lowest BCUT2D eigenvalue weighted by Crippen LogP contribution is -2.20. The minimum atomic E-state index is -0.395. The summed E-state index contributed by atoms with van der Waals surface area (Å²) in [7, 11) is 0. The van der Waals surface area contributed by atoms with Crippen molar-refractivity contribution in [1.29, 1.82) is 0 Å². The first-order valence-corrected chi connectivity index (χ1v) is 7.95. The molecule has 1 unspecified atom stereocenters. The molecule has 24 heavy (non-hydrogen) atoms. The van der Waals surface area contributed by atoms with Crippen molar-refractivity contribution in [3.8, 4) is 0 Å². The molecule has 0 aliphatic carbocycles. The number of carbonyl (C=O) groups excluding carboxylic acids is 1. The molecule has 0 amide bonds. The van der Waals surface area contributed by atoms with Crippen LogP contribution in [0.2, 0.25) is 0 Å². The molecule has 1 atom stereocenters. The number of benzene rings is 3. The summed E-state index contributed by atoms with van der Waals surface area (Å²) < 4.78 is 5.78. The Morgan fingerprint density at radius 2 is 1.29 bits per heavy atom. The van der Waals surface area contributed by atoms with Crippen LogP contribution in [0.5, 0.6) is 0 Å². The average Bonchev–Trinajstić information content (AvgIpc) is 2.65. The standard InChI is InChI=1S/C22H16O2/c23-22-19-14-8-7-13-18(19)20(15-16-9-3-1-4-10-16)21(24-22)17-11-5-2-6-12-17/h1-15,21H/b20-15+. The molecule has 0 N–H and O–H groups in total. The topological polar surface area (TPSA) is 26.3 Å². The number of esters is 1. The first-order valence-electron chi connectivity index (χ1n) is 7.95. The number of hydrogen-bond donors (Lipinski definition) is 0. The highest BCUT2D eigenvalue weighted by Crippen LogP contribution is 2.40. The monoisotopic (exact) mass is 312 g/mol. The Labute approximate surface area is 141 Å². The minimum absolute atomic E-state index is 0.273. The van der Waals surface area contributed by atoms with Crippen LogP contribution in [0.15, 0.2) is 84.9 Å². The minimum Gasteiger partial charge on any atom is -0.449 e. The summed E-state index contributed by atoms with van der Waals surface area (Å²) in [6.45, 7) is 0. The Kier molecular flexibility index (Phi) is 3.72. The first kappa shape index (κ1) is 14.5. The third-order valence-corrected chi connectivity index (χ3v) is 4.19.